The molecule has 0 spiro atoms. The molecule has 0 radical (unpaired) electrons. The summed E-state index contributed by atoms with van der Waals surface area (Å²) in [6.45, 7) is 2.77. The highest BCUT2D eigenvalue weighted by atomic mass is 32.2. The summed E-state index contributed by atoms with van der Waals surface area (Å²) in [4.78, 5) is 14.6. The Morgan fingerprint density at radius 2 is 1.43 bits per heavy atom. The van der Waals surface area contributed by atoms with Gasteiger partial charge in [0, 0.05) is 21.9 Å². The minimum Gasteiger partial charge on any atom is -0.351 e. The van der Waals surface area contributed by atoms with Crippen molar-refractivity contribution < 1.29 is 13.2 Å². The molecule has 7 heteroatoms. The summed E-state index contributed by atoms with van der Waals surface area (Å²) < 4.78 is 27.1. The zero-order valence-corrected chi connectivity index (χ0v) is 22.5. The molecule has 190 valence electrons. The number of para-hydroxylation sites is 1. The predicted molar refractivity (Wildman–Crippen MR) is 152 cm³/mol. The molecule has 5 nitrogen and oxygen atoms in total. The molecule has 0 aliphatic heterocycles. The number of carbonyl (C=O) groups excluding carboxylic acids is 1. The van der Waals surface area contributed by atoms with E-state index in [0.29, 0.717) is 17.8 Å². The highest BCUT2D eigenvalue weighted by molar-refractivity contribution is 7.99. The Bertz CT molecular complexity index is 1420. The Hall–Kier alpha value is -3.55. The van der Waals surface area contributed by atoms with Crippen LogP contribution in [0.5, 0.6) is 0 Å². The molecule has 1 N–H and O–H groups in total. The van der Waals surface area contributed by atoms with Crippen molar-refractivity contribution in [1.29, 1.82) is 0 Å². The fourth-order valence-electron chi connectivity index (χ4n) is 3.92. The molecular weight excluding hydrogens is 500 g/mol. The summed E-state index contributed by atoms with van der Waals surface area (Å²) in [6, 6.07) is 34.5. The van der Waals surface area contributed by atoms with E-state index in [9.17, 15) is 13.2 Å². The summed E-state index contributed by atoms with van der Waals surface area (Å²) in [6.07, 6.45) is 1.21. The molecule has 0 aromatic heterocycles. The number of carbonyl (C=O) groups is 1. The summed E-state index contributed by atoms with van der Waals surface area (Å²) in [5.74, 6) is 0.0421. The molecule has 4 aromatic rings. The van der Waals surface area contributed by atoms with Gasteiger partial charge in [-0.2, -0.15) is 0 Å². The van der Waals surface area contributed by atoms with Crippen LogP contribution < -0.4 is 9.62 Å². The Morgan fingerprint density at radius 3 is 2.08 bits per heavy atom. The topological polar surface area (TPSA) is 66.5 Å². The van der Waals surface area contributed by atoms with E-state index in [1.807, 2.05) is 72.8 Å². The fraction of sp³-hybridized carbons (Fsp3) is 0.167. The van der Waals surface area contributed by atoms with E-state index in [1.54, 1.807) is 24.3 Å². The molecule has 0 aliphatic rings. The lowest BCUT2D eigenvalue weighted by atomic mass is 10.0. The third-order valence-corrected chi connectivity index (χ3v) is 8.18. The maximum Gasteiger partial charge on any atom is 0.251 e. The van der Waals surface area contributed by atoms with Gasteiger partial charge in [-0.25, -0.2) is 8.42 Å². The first kappa shape index (κ1) is 26.5. The Balaban J connectivity index is 1.47. The molecule has 1 amide bonds. The number of hydrogen-bond acceptors (Lipinski definition) is 4. The van der Waals surface area contributed by atoms with E-state index in [2.05, 4.69) is 24.4 Å². The van der Waals surface area contributed by atoms with Gasteiger partial charge in [0.05, 0.1) is 18.5 Å². The molecule has 37 heavy (non-hydrogen) atoms. The number of amides is 1. The van der Waals surface area contributed by atoms with Gasteiger partial charge in [0.25, 0.3) is 5.91 Å². The van der Waals surface area contributed by atoms with Crippen LogP contribution in [0.15, 0.2) is 119 Å². The molecule has 1 atom stereocenters. The van der Waals surface area contributed by atoms with Crippen LogP contribution in [0.1, 0.15) is 34.3 Å². The summed E-state index contributed by atoms with van der Waals surface area (Å²) in [5, 5.41) is 2.99. The minimum absolute atomic E-state index is 0.154. The van der Waals surface area contributed by atoms with Crippen LogP contribution in [0, 0.1) is 0 Å². The Labute approximate surface area is 223 Å². The monoisotopic (exact) mass is 530 g/mol. The van der Waals surface area contributed by atoms with Gasteiger partial charge in [0.2, 0.25) is 10.0 Å². The third kappa shape index (κ3) is 7.24. The lowest BCUT2D eigenvalue weighted by Gasteiger charge is -2.25. The van der Waals surface area contributed by atoms with Crippen LogP contribution in [-0.2, 0) is 16.6 Å². The normalized spacial score (nSPS) is 12.1. The van der Waals surface area contributed by atoms with Crippen LogP contribution in [0.2, 0.25) is 0 Å². The van der Waals surface area contributed by atoms with Crippen LogP contribution in [0.25, 0.3) is 0 Å². The first-order valence-electron chi connectivity index (χ1n) is 12.0. The number of nitrogens with zero attached hydrogens (tertiary/aromatic N) is 1. The van der Waals surface area contributed by atoms with Gasteiger partial charge in [-0.3, -0.25) is 9.10 Å². The van der Waals surface area contributed by atoms with E-state index in [1.165, 1.54) is 27.9 Å². The van der Waals surface area contributed by atoms with Gasteiger partial charge in [-0.05, 0) is 53.4 Å². The van der Waals surface area contributed by atoms with E-state index < -0.39 is 10.0 Å². The van der Waals surface area contributed by atoms with E-state index >= 15 is 0 Å². The Kier molecular flexibility index (Phi) is 8.69. The third-order valence-electron chi connectivity index (χ3n) is 5.99. The zero-order chi connectivity index (χ0) is 26.3. The van der Waals surface area contributed by atoms with E-state index in [-0.39, 0.29) is 18.4 Å². The molecule has 0 saturated carbocycles. The standard InChI is InChI=1S/C30H30N2O3S2/c1-23(25-11-5-3-6-12-25)21-31-30(33)26-19-17-24(18-20-26)22-32(37(2,34)35)28-15-9-10-16-29(28)36-27-13-7-4-8-14-27/h3-20,23H,21-22H2,1-2H3,(H,31,33). The number of benzene rings is 4. The highest BCUT2D eigenvalue weighted by Crippen LogP contribution is 2.36. The first-order valence-corrected chi connectivity index (χ1v) is 14.7. The van der Waals surface area contributed by atoms with Crippen molar-refractivity contribution in [3.63, 3.8) is 0 Å². The maximum atomic E-state index is 12.8. The number of sulfonamides is 1. The number of anilines is 1. The van der Waals surface area contributed by atoms with Gasteiger partial charge < -0.3 is 5.32 Å². The second-order valence-corrected chi connectivity index (χ2v) is 11.9. The number of nitrogens with one attached hydrogen (secondary N) is 1. The fourth-order valence-corrected chi connectivity index (χ4v) is 5.86. The minimum atomic E-state index is -3.56. The molecular formula is C30H30N2O3S2. The summed E-state index contributed by atoms with van der Waals surface area (Å²) in [7, 11) is -3.56. The Morgan fingerprint density at radius 1 is 0.838 bits per heavy atom. The van der Waals surface area contributed by atoms with Crippen molar-refractivity contribution in [2.75, 3.05) is 17.1 Å². The van der Waals surface area contributed by atoms with Gasteiger partial charge in [-0.15, -0.1) is 0 Å². The predicted octanol–water partition coefficient (Wildman–Crippen LogP) is 6.34. The second-order valence-electron chi connectivity index (χ2n) is 8.87. The highest BCUT2D eigenvalue weighted by Gasteiger charge is 2.21. The van der Waals surface area contributed by atoms with Crippen LogP contribution >= 0.6 is 11.8 Å². The van der Waals surface area contributed by atoms with Crippen molar-refractivity contribution in [3.8, 4) is 0 Å². The van der Waals surface area contributed by atoms with Crippen molar-refractivity contribution in [1.82, 2.24) is 5.32 Å². The van der Waals surface area contributed by atoms with E-state index in [4.69, 9.17) is 0 Å². The van der Waals surface area contributed by atoms with Gasteiger partial charge in [0.1, 0.15) is 0 Å². The molecule has 4 aromatic carbocycles. The quantitative estimate of drug-likeness (QED) is 0.260. The summed E-state index contributed by atoms with van der Waals surface area (Å²) >= 11 is 1.52. The van der Waals surface area contributed by atoms with Crippen molar-refractivity contribution in [3.05, 3.63) is 126 Å². The molecule has 0 bridgehead atoms. The lowest BCUT2D eigenvalue weighted by Crippen LogP contribution is -2.30. The van der Waals surface area contributed by atoms with Crippen molar-refractivity contribution in [2.24, 2.45) is 0 Å². The van der Waals surface area contributed by atoms with Gasteiger partial charge >= 0.3 is 0 Å². The van der Waals surface area contributed by atoms with Crippen LogP contribution in [-0.4, -0.2) is 27.1 Å². The molecule has 0 aliphatic carbocycles. The van der Waals surface area contributed by atoms with Crippen LogP contribution in [0.3, 0.4) is 0 Å². The molecule has 4 rings (SSSR count). The average molecular weight is 531 g/mol. The zero-order valence-electron chi connectivity index (χ0n) is 20.9. The molecule has 0 heterocycles. The summed E-state index contributed by atoms with van der Waals surface area (Å²) in [5.41, 5.74) is 3.12. The molecule has 0 saturated heterocycles. The van der Waals surface area contributed by atoms with E-state index in [0.717, 1.165) is 15.4 Å². The number of hydrogen-bond donors (Lipinski definition) is 1. The smallest absolute Gasteiger partial charge is 0.251 e. The second kappa shape index (κ2) is 12.1. The largest absolute Gasteiger partial charge is 0.351 e. The number of rotatable bonds is 10. The van der Waals surface area contributed by atoms with Crippen LogP contribution in [0.4, 0.5) is 5.69 Å². The van der Waals surface area contributed by atoms with Crippen molar-refractivity contribution in [2.45, 2.75) is 29.2 Å². The van der Waals surface area contributed by atoms with Gasteiger partial charge in [-0.1, -0.05) is 91.5 Å². The maximum absolute atomic E-state index is 12.8. The SMILES string of the molecule is CC(CNC(=O)c1ccc(CN(c2ccccc2Sc2ccccc2)S(C)(=O)=O)cc1)c1ccccc1. The lowest BCUT2D eigenvalue weighted by molar-refractivity contribution is 0.0951. The van der Waals surface area contributed by atoms with Crippen molar-refractivity contribution >= 4 is 33.4 Å². The molecule has 0 fully saturated rings. The first-order chi connectivity index (χ1) is 17.8. The average Bonchev–Trinajstić information content (AvgIpc) is 2.91. The molecule has 1 unspecified atom stereocenters. The van der Waals surface area contributed by atoms with Gasteiger partial charge in [0.15, 0.2) is 0 Å².